The molecular weight excluding hydrogens is 417 g/mol. The average Bonchev–Trinajstić information content (AvgIpc) is 3.18. The van der Waals surface area contributed by atoms with Crippen LogP contribution in [0.3, 0.4) is 0 Å². The summed E-state index contributed by atoms with van der Waals surface area (Å²) in [6, 6.07) is 8.16. The van der Waals surface area contributed by atoms with Gasteiger partial charge in [0, 0.05) is 31.1 Å². The summed E-state index contributed by atoms with van der Waals surface area (Å²) in [6.07, 6.45) is -0.721. The number of nitriles is 1. The summed E-state index contributed by atoms with van der Waals surface area (Å²) >= 11 is 0. The highest BCUT2D eigenvalue weighted by Gasteiger charge is 2.37. The van der Waals surface area contributed by atoms with Crippen molar-refractivity contribution >= 4 is 16.9 Å². The highest BCUT2D eigenvalue weighted by atomic mass is 19.4. The largest absolute Gasteiger partial charge is 0.418 e. The summed E-state index contributed by atoms with van der Waals surface area (Å²) in [4.78, 5) is 10.6. The Morgan fingerprint density at radius 2 is 2.03 bits per heavy atom. The van der Waals surface area contributed by atoms with Gasteiger partial charge in [0.1, 0.15) is 17.2 Å². The van der Waals surface area contributed by atoms with E-state index in [0.29, 0.717) is 54.1 Å². The van der Waals surface area contributed by atoms with Crippen molar-refractivity contribution in [3.8, 4) is 17.5 Å². The van der Waals surface area contributed by atoms with Crippen LogP contribution in [-0.4, -0.2) is 33.3 Å². The van der Waals surface area contributed by atoms with Crippen molar-refractivity contribution in [1.82, 2.24) is 20.2 Å². The Balaban J connectivity index is 1.73. The molecule has 9 heteroatoms. The number of nitrogens with one attached hydrogen (secondary N) is 1. The molecule has 0 bridgehead atoms. The zero-order chi connectivity index (χ0) is 22.9. The molecule has 168 valence electrons. The van der Waals surface area contributed by atoms with Crippen molar-refractivity contribution in [2.24, 2.45) is 17.8 Å². The molecule has 1 fully saturated rings. The Morgan fingerprint density at radius 1 is 1.22 bits per heavy atom. The van der Waals surface area contributed by atoms with Crippen LogP contribution >= 0.6 is 0 Å². The van der Waals surface area contributed by atoms with E-state index in [1.165, 1.54) is 6.07 Å². The molecule has 0 amide bonds. The van der Waals surface area contributed by atoms with Gasteiger partial charge in [-0.2, -0.15) is 23.5 Å². The minimum absolute atomic E-state index is 0.139. The van der Waals surface area contributed by atoms with E-state index < -0.39 is 11.7 Å². The van der Waals surface area contributed by atoms with Crippen LogP contribution in [0.5, 0.6) is 0 Å². The first kappa shape index (κ1) is 22.1. The second kappa shape index (κ2) is 8.77. The van der Waals surface area contributed by atoms with Gasteiger partial charge in [-0.05, 0) is 54.9 Å². The summed E-state index contributed by atoms with van der Waals surface area (Å²) in [5.41, 5.74) is -0.470. The summed E-state index contributed by atoms with van der Waals surface area (Å²) in [5, 5.41) is 16.5. The first-order chi connectivity index (χ1) is 15.3. The first-order valence-corrected chi connectivity index (χ1v) is 10.8. The Hall–Kier alpha value is -3.15. The van der Waals surface area contributed by atoms with E-state index in [0.717, 1.165) is 18.9 Å². The molecule has 0 aromatic carbocycles. The number of rotatable bonds is 5. The Kier molecular flexibility index (Phi) is 6.04. The Bertz CT molecular complexity index is 1130. The molecule has 0 saturated carbocycles. The molecule has 32 heavy (non-hydrogen) atoms. The van der Waals surface area contributed by atoms with Crippen LogP contribution in [0.15, 0.2) is 30.5 Å². The molecule has 4 rings (SSSR count). The number of H-pyrrole nitrogens is 1. The van der Waals surface area contributed by atoms with Crippen LogP contribution in [0.25, 0.3) is 22.4 Å². The van der Waals surface area contributed by atoms with Crippen molar-refractivity contribution in [2.75, 3.05) is 18.0 Å². The minimum Gasteiger partial charge on any atom is -0.356 e. The molecule has 1 aliphatic heterocycles. The molecule has 3 aromatic heterocycles. The maximum atomic E-state index is 13.8. The molecule has 1 saturated heterocycles. The van der Waals surface area contributed by atoms with Crippen LogP contribution in [0.1, 0.15) is 38.7 Å². The van der Waals surface area contributed by atoms with Crippen LogP contribution in [-0.2, 0) is 6.18 Å². The molecule has 0 spiro atoms. The number of aromatic nitrogens is 4. The van der Waals surface area contributed by atoms with E-state index in [1.807, 2.05) is 4.90 Å². The first-order valence-electron chi connectivity index (χ1n) is 10.8. The SMILES string of the molecule is CC(C)CC1CN(c2ccc(C(F)(F)F)c(-c3n[nH]c4ncccc34)n2)CCC1CC#N. The van der Waals surface area contributed by atoms with Gasteiger partial charge in [0.05, 0.1) is 11.6 Å². The summed E-state index contributed by atoms with van der Waals surface area (Å²) in [5.74, 6) is 1.57. The smallest absolute Gasteiger partial charge is 0.356 e. The number of hydrogen-bond donors (Lipinski definition) is 1. The summed E-state index contributed by atoms with van der Waals surface area (Å²) in [6.45, 7) is 5.62. The van der Waals surface area contributed by atoms with Gasteiger partial charge in [0.2, 0.25) is 0 Å². The third-order valence-electron chi connectivity index (χ3n) is 6.09. The molecular formula is C23H25F3N6. The normalized spacial score (nSPS) is 19.5. The number of halogens is 3. The van der Waals surface area contributed by atoms with Gasteiger partial charge in [-0.3, -0.25) is 5.10 Å². The lowest BCUT2D eigenvalue weighted by atomic mass is 9.79. The van der Waals surface area contributed by atoms with Crippen LogP contribution in [0, 0.1) is 29.1 Å². The second-order valence-corrected chi connectivity index (χ2v) is 8.78. The highest BCUT2D eigenvalue weighted by molar-refractivity contribution is 5.90. The molecule has 1 N–H and O–H groups in total. The van der Waals surface area contributed by atoms with Crippen molar-refractivity contribution in [2.45, 2.75) is 39.3 Å². The van der Waals surface area contributed by atoms with Crippen molar-refractivity contribution in [3.05, 3.63) is 36.0 Å². The molecule has 0 radical (unpaired) electrons. The second-order valence-electron chi connectivity index (χ2n) is 8.78. The van der Waals surface area contributed by atoms with Crippen LogP contribution in [0.4, 0.5) is 19.0 Å². The van der Waals surface area contributed by atoms with Gasteiger partial charge in [-0.1, -0.05) is 13.8 Å². The maximum absolute atomic E-state index is 13.8. The molecule has 2 unspecified atom stereocenters. The zero-order valence-corrected chi connectivity index (χ0v) is 18.0. The molecule has 4 heterocycles. The van der Waals surface area contributed by atoms with Crippen molar-refractivity contribution in [3.63, 3.8) is 0 Å². The fourth-order valence-electron chi connectivity index (χ4n) is 4.62. The Morgan fingerprint density at radius 3 is 2.75 bits per heavy atom. The zero-order valence-electron chi connectivity index (χ0n) is 18.0. The van der Waals surface area contributed by atoms with Gasteiger partial charge in [0.25, 0.3) is 0 Å². The lowest BCUT2D eigenvalue weighted by Gasteiger charge is -2.39. The lowest BCUT2D eigenvalue weighted by molar-refractivity contribution is -0.137. The highest BCUT2D eigenvalue weighted by Crippen LogP contribution is 2.39. The number of hydrogen-bond acceptors (Lipinski definition) is 5. The van der Waals surface area contributed by atoms with Crippen molar-refractivity contribution in [1.29, 1.82) is 5.26 Å². The van der Waals surface area contributed by atoms with E-state index in [4.69, 9.17) is 0 Å². The quantitative estimate of drug-likeness (QED) is 0.569. The fraction of sp³-hybridized carbons (Fsp3) is 0.478. The van der Waals surface area contributed by atoms with E-state index in [1.54, 1.807) is 18.3 Å². The number of piperidine rings is 1. The van der Waals surface area contributed by atoms with Crippen LogP contribution in [0.2, 0.25) is 0 Å². The molecule has 1 aliphatic rings. The predicted molar refractivity (Wildman–Crippen MR) is 116 cm³/mol. The topological polar surface area (TPSA) is 81.5 Å². The maximum Gasteiger partial charge on any atom is 0.418 e. The minimum atomic E-state index is -4.56. The average molecular weight is 442 g/mol. The third-order valence-corrected chi connectivity index (χ3v) is 6.09. The van der Waals surface area contributed by atoms with E-state index in [2.05, 4.69) is 40.1 Å². The van der Waals surface area contributed by atoms with E-state index in [-0.39, 0.29) is 11.4 Å². The Labute approximate surface area is 184 Å². The fourth-order valence-corrected chi connectivity index (χ4v) is 4.62. The number of pyridine rings is 2. The number of alkyl halides is 3. The molecule has 6 nitrogen and oxygen atoms in total. The predicted octanol–water partition coefficient (Wildman–Crippen LogP) is 5.44. The van der Waals surface area contributed by atoms with Crippen LogP contribution < -0.4 is 4.90 Å². The van der Waals surface area contributed by atoms with Crippen molar-refractivity contribution < 1.29 is 13.2 Å². The van der Waals surface area contributed by atoms with E-state index >= 15 is 0 Å². The van der Waals surface area contributed by atoms with Gasteiger partial charge in [-0.25, -0.2) is 9.97 Å². The lowest BCUT2D eigenvalue weighted by Crippen LogP contribution is -2.41. The number of nitrogens with zero attached hydrogens (tertiary/aromatic N) is 5. The monoisotopic (exact) mass is 442 g/mol. The van der Waals surface area contributed by atoms with Gasteiger partial charge >= 0.3 is 6.18 Å². The number of fused-ring (bicyclic) bond motifs is 1. The summed E-state index contributed by atoms with van der Waals surface area (Å²) in [7, 11) is 0. The van der Waals surface area contributed by atoms with E-state index in [9.17, 15) is 18.4 Å². The number of aromatic amines is 1. The van der Waals surface area contributed by atoms with Gasteiger partial charge in [-0.15, -0.1) is 0 Å². The summed E-state index contributed by atoms with van der Waals surface area (Å²) < 4.78 is 41.5. The third kappa shape index (κ3) is 4.40. The van der Waals surface area contributed by atoms with Gasteiger partial charge < -0.3 is 4.90 Å². The molecule has 0 aliphatic carbocycles. The number of anilines is 1. The molecule has 2 atom stereocenters. The molecule has 3 aromatic rings. The van der Waals surface area contributed by atoms with Gasteiger partial charge in [0.15, 0.2) is 5.65 Å². The standard InChI is InChI=1S/C23H25F3N6/c1-14(2)12-16-13-32(11-8-15(16)7-9-27)19-6-5-18(23(24,25)26)21(29-19)20-17-4-3-10-28-22(17)31-30-20/h3-6,10,14-16H,7-8,11-13H2,1-2H3,(H,28,30,31).